The van der Waals surface area contributed by atoms with Crippen molar-refractivity contribution in [3.05, 3.63) is 92.9 Å². The van der Waals surface area contributed by atoms with Gasteiger partial charge in [-0.15, -0.1) is 0 Å². The molecule has 3 rings (SSSR count). The van der Waals surface area contributed by atoms with Crippen LogP contribution in [0.15, 0.2) is 76.3 Å². The second-order valence-corrected chi connectivity index (χ2v) is 7.89. The Kier molecular flexibility index (Phi) is 7.75. The molecule has 162 valence electrons. The van der Waals surface area contributed by atoms with Crippen LogP contribution in [0.2, 0.25) is 5.02 Å². The van der Waals surface area contributed by atoms with Gasteiger partial charge in [0.25, 0.3) is 5.91 Å². The molecular formula is C23H17BrClN3O4. The lowest BCUT2D eigenvalue weighted by molar-refractivity contribution is -0.114. The lowest BCUT2D eigenvalue weighted by Gasteiger charge is -2.08. The van der Waals surface area contributed by atoms with Gasteiger partial charge in [-0.2, -0.15) is 5.10 Å². The third kappa shape index (κ3) is 6.50. The summed E-state index contributed by atoms with van der Waals surface area (Å²) in [7, 11) is 0. The van der Waals surface area contributed by atoms with E-state index in [4.69, 9.17) is 16.3 Å². The molecule has 32 heavy (non-hydrogen) atoms. The van der Waals surface area contributed by atoms with Gasteiger partial charge in [0, 0.05) is 33.2 Å². The summed E-state index contributed by atoms with van der Waals surface area (Å²) in [4.78, 5) is 35.8. The molecule has 0 radical (unpaired) electrons. The number of esters is 1. The maximum atomic E-state index is 12.4. The average Bonchev–Trinajstić information content (AvgIpc) is 2.76. The Balaban J connectivity index is 1.69. The van der Waals surface area contributed by atoms with E-state index in [1.165, 1.54) is 13.1 Å². The maximum absolute atomic E-state index is 12.4. The van der Waals surface area contributed by atoms with Gasteiger partial charge >= 0.3 is 5.97 Å². The van der Waals surface area contributed by atoms with Gasteiger partial charge in [-0.3, -0.25) is 9.59 Å². The summed E-state index contributed by atoms with van der Waals surface area (Å²) in [6.45, 7) is 1.40. The molecule has 3 aromatic carbocycles. The maximum Gasteiger partial charge on any atom is 0.343 e. The number of amides is 2. The van der Waals surface area contributed by atoms with Crippen LogP contribution in [0.5, 0.6) is 5.75 Å². The summed E-state index contributed by atoms with van der Waals surface area (Å²) in [5, 5.41) is 7.10. The zero-order valence-electron chi connectivity index (χ0n) is 16.8. The van der Waals surface area contributed by atoms with E-state index in [0.717, 1.165) is 4.47 Å². The van der Waals surface area contributed by atoms with Crippen LogP contribution in [0, 0.1) is 0 Å². The molecule has 0 unspecified atom stereocenters. The van der Waals surface area contributed by atoms with Gasteiger partial charge in [-0.05, 0) is 66.7 Å². The minimum atomic E-state index is -0.554. The van der Waals surface area contributed by atoms with Gasteiger partial charge in [-0.25, -0.2) is 10.2 Å². The van der Waals surface area contributed by atoms with Crippen LogP contribution >= 0.6 is 27.5 Å². The van der Waals surface area contributed by atoms with Crippen molar-refractivity contribution in [3.63, 3.8) is 0 Å². The van der Waals surface area contributed by atoms with E-state index in [0.29, 0.717) is 27.4 Å². The van der Waals surface area contributed by atoms with Crippen LogP contribution in [-0.4, -0.2) is 24.0 Å². The highest BCUT2D eigenvalue weighted by Crippen LogP contribution is 2.23. The fraction of sp³-hybridized carbons (Fsp3) is 0.0435. The predicted molar refractivity (Wildman–Crippen MR) is 126 cm³/mol. The van der Waals surface area contributed by atoms with E-state index in [9.17, 15) is 14.4 Å². The third-order valence-corrected chi connectivity index (χ3v) is 4.84. The Morgan fingerprint density at radius 2 is 1.62 bits per heavy atom. The Morgan fingerprint density at radius 1 is 0.969 bits per heavy atom. The first-order valence-electron chi connectivity index (χ1n) is 9.30. The lowest BCUT2D eigenvalue weighted by Crippen LogP contribution is -2.18. The van der Waals surface area contributed by atoms with Crippen molar-refractivity contribution in [1.82, 2.24) is 5.43 Å². The second-order valence-electron chi connectivity index (χ2n) is 6.54. The normalized spacial score (nSPS) is 10.6. The second kappa shape index (κ2) is 10.7. The molecule has 0 aromatic heterocycles. The van der Waals surface area contributed by atoms with Crippen LogP contribution < -0.4 is 15.5 Å². The van der Waals surface area contributed by atoms with Crippen LogP contribution in [0.1, 0.15) is 33.2 Å². The number of anilines is 1. The van der Waals surface area contributed by atoms with Crippen molar-refractivity contribution in [2.24, 2.45) is 5.10 Å². The Hall–Kier alpha value is -3.49. The third-order valence-electron chi connectivity index (χ3n) is 4.09. The predicted octanol–water partition coefficient (Wildman–Crippen LogP) is 5.04. The number of hydrazone groups is 1. The molecule has 0 fully saturated rings. The molecule has 2 amide bonds. The number of nitrogens with one attached hydrogen (secondary N) is 2. The molecule has 3 aromatic rings. The molecule has 0 heterocycles. The molecule has 0 bridgehead atoms. The van der Waals surface area contributed by atoms with Crippen molar-refractivity contribution in [2.75, 3.05) is 5.32 Å². The van der Waals surface area contributed by atoms with E-state index >= 15 is 0 Å². The first-order valence-corrected chi connectivity index (χ1v) is 10.5. The summed E-state index contributed by atoms with van der Waals surface area (Å²) in [5.41, 5.74) is 4.18. The van der Waals surface area contributed by atoms with Gasteiger partial charge in [0.05, 0.1) is 11.8 Å². The molecule has 0 spiro atoms. The number of carbonyl (C=O) groups excluding carboxylic acids is 3. The number of hydrogen-bond acceptors (Lipinski definition) is 5. The molecule has 0 aliphatic carbocycles. The van der Waals surface area contributed by atoms with E-state index in [-0.39, 0.29) is 11.7 Å². The molecule has 2 N–H and O–H groups in total. The zero-order valence-corrected chi connectivity index (χ0v) is 19.1. The summed E-state index contributed by atoms with van der Waals surface area (Å²) in [6.07, 6.45) is 1.37. The average molecular weight is 515 g/mol. The molecular weight excluding hydrogens is 498 g/mol. The van der Waals surface area contributed by atoms with Gasteiger partial charge in [0.15, 0.2) is 0 Å². The van der Waals surface area contributed by atoms with E-state index < -0.39 is 11.9 Å². The Bertz CT molecular complexity index is 1180. The number of benzene rings is 3. The first kappa shape index (κ1) is 23.2. The molecule has 7 nitrogen and oxygen atoms in total. The van der Waals surface area contributed by atoms with Gasteiger partial charge < -0.3 is 10.1 Å². The summed E-state index contributed by atoms with van der Waals surface area (Å²) >= 11 is 9.21. The summed E-state index contributed by atoms with van der Waals surface area (Å²) < 4.78 is 6.21. The number of carbonyl (C=O) groups is 3. The smallest absolute Gasteiger partial charge is 0.343 e. The monoisotopic (exact) mass is 513 g/mol. The highest BCUT2D eigenvalue weighted by Gasteiger charge is 2.12. The van der Waals surface area contributed by atoms with Crippen LogP contribution in [0.4, 0.5) is 5.69 Å². The first-order chi connectivity index (χ1) is 15.3. The lowest BCUT2D eigenvalue weighted by atomic mass is 10.2. The van der Waals surface area contributed by atoms with Crippen molar-refractivity contribution in [2.45, 2.75) is 6.92 Å². The fourth-order valence-electron chi connectivity index (χ4n) is 2.59. The van der Waals surface area contributed by atoms with E-state index in [2.05, 4.69) is 31.8 Å². The van der Waals surface area contributed by atoms with Crippen molar-refractivity contribution in [1.29, 1.82) is 0 Å². The number of ether oxygens (including phenoxy) is 1. The van der Waals surface area contributed by atoms with Crippen LogP contribution in [-0.2, 0) is 4.79 Å². The summed E-state index contributed by atoms with van der Waals surface area (Å²) in [6, 6.07) is 17.7. The number of halogens is 2. The van der Waals surface area contributed by atoms with Crippen molar-refractivity contribution >= 4 is 57.2 Å². The van der Waals surface area contributed by atoms with Crippen LogP contribution in [0.3, 0.4) is 0 Å². The van der Waals surface area contributed by atoms with E-state index in [1.807, 2.05) is 0 Å². The minimum Gasteiger partial charge on any atom is -0.422 e. The van der Waals surface area contributed by atoms with Crippen LogP contribution in [0.25, 0.3) is 0 Å². The molecule has 9 heteroatoms. The highest BCUT2D eigenvalue weighted by atomic mass is 79.9. The van der Waals surface area contributed by atoms with Crippen molar-refractivity contribution in [3.8, 4) is 5.75 Å². The fourth-order valence-corrected chi connectivity index (χ4v) is 3.10. The highest BCUT2D eigenvalue weighted by molar-refractivity contribution is 9.10. The minimum absolute atomic E-state index is 0.201. The zero-order chi connectivity index (χ0) is 23.1. The summed E-state index contributed by atoms with van der Waals surface area (Å²) in [5.74, 6) is -0.925. The molecule has 0 aliphatic rings. The standard InChI is InChI=1S/C23H17BrClN3O4/c1-14(29)27-20-9-4-15(5-10-20)22(30)28-26-13-17-12-18(24)6-11-21(17)32-23(31)16-2-7-19(25)8-3-16/h2-13H,1H3,(H,27,29)(H,28,30)/b26-13-. The van der Waals surface area contributed by atoms with Gasteiger partial charge in [0.2, 0.25) is 5.91 Å². The number of rotatable bonds is 6. The van der Waals surface area contributed by atoms with Gasteiger partial charge in [-0.1, -0.05) is 27.5 Å². The quantitative estimate of drug-likeness (QED) is 0.208. The number of nitrogens with zero attached hydrogens (tertiary/aromatic N) is 1. The Labute approximate surface area is 197 Å². The van der Waals surface area contributed by atoms with Gasteiger partial charge in [0.1, 0.15) is 5.75 Å². The Morgan fingerprint density at radius 3 is 2.28 bits per heavy atom. The topological polar surface area (TPSA) is 96.9 Å². The van der Waals surface area contributed by atoms with Crippen molar-refractivity contribution < 1.29 is 19.1 Å². The SMILES string of the molecule is CC(=O)Nc1ccc(C(=O)N/N=C\c2cc(Br)ccc2OC(=O)c2ccc(Cl)cc2)cc1. The number of hydrogen-bond donors (Lipinski definition) is 2. The molecule has 0 saturated heterocycles. The molecule has 0 atom stereocenters. The molecule has 0 saturated carbocycles. The van der Waals surface area contributed by atoms with E-state index in [1.54, 1.807) is 66.7 Å². The largest absolute Gasteiger partial charge is 0.422 e. The molecule has 0 aliphatic heterocycles.